The van der Waals surface area contributed by atoms with Gasteiger partial charge in [-0.1, -0.05) is 20.8 Å². The number of likely N-dealkylation sites (N-methyl/N-ethyl adjacent to an activating group) is 2. The van der Waals surface area contributed by atoms with Gasteiger partial charge in [0.15, 0.2) is 0 Å². The Kier molecular flexibility index (Phi) is 5.49. The molecule has 0 aromatic rings. The van der Waals surface area contributed by atoms with Crippen LogP contribution in [0, 0.1) is 11.8 Å². The standard InChI is InChI=1S/C17H35N3/c1-7-18-16-9-12(2)8-13(3)17(16)20-10-14(4)19(6)15(5)11-20/h12-18H,7-11H2,1-6H3. The van der Waals surface area contributed by atoms with E-state index in [0.717, 1.165) is 24.4 Å². The molecule has 1 aliphatic carbocycles. The Bertz CT molecular complexity index is 295. The zero-order valence-corrected chi connectivity index (χ0v) is 14.4. The molecule has 6 atom stereocenters. The van der Waals surface area contributed by atoms with Gasteiger partial charge in [0.25, 0.3) is 0 Å². The van der Waals surface area contributed by atoms with E-state index in [1.807, 2.05) is 0 Å². The van der Waals surface area contributed by atoms with Gasteiger partial charge in [-0.3, -0.25) is 9.80 Å². The van der Waals surface area contributed by atoms with Crippen LogP contribution in [0.5, 0.6) is 0 Å². The van der Waals surface area contributed by atoms with E-state index in [9.17, 15) is 0 Å². The van der Waals surface area contributed by atoms with Crippen molar-refractivity contribution < 1.29 is 0 Å². The molecule has 0 aromatic carbocycles. The number of piperazine rings is 1. The van der Waals surface area contributed by atoms with Gasteiger partial charge in [0.2, 0.25) is 0 Å². The molecule has 6 unspecified atom stereocenters. The van der Waals surface area contributed by atoms with E-state index < -0.39 is 0 Å². The minimum atomic E-state index is 0.674. The Morgan fingerprint density at radius 3 is 2.15 bits per heavy atom. The maximum absolute atomic E-state index is 3.78. The highest BCUT2D eigenvalue weighted by Crippen LogP contribution is 2.34. The average Bonchev–Trinajstić information content (AvgIpc) is 2.35. The Morgan fingerprint density at radius 2 is 1.60 bits per heavy atom. The fourth-order valence-corrected chi connectivity index (χ4v) is 4.61. The van der Waals surface area contributed by atoms with Gasteiger partial charge in [0, 0.05) is 37.3 Å². The van der Waals surface area contributed by atoms with Crippen molar-refractivity contribution in [2.45, 2.75) is 71.6 Å². The number of nitrogens with zero attached hydrogens (tertiary/aromatic N) is 2. The molecule has 0 radical (unpaired) electrons. The summed E-state index contributed by atoms with van der Waals surface area (Å²) in [5, 5.41) is 3.78. The third kappa shape index (κ3) is 3.37. The van der Waals surface area contributed by atoms with Gasteiger partial charge in [-0.15, -0.1) is 0 Å². The van der Waals surface area contributed by atoms with Crippen LogP contribution in [0.2, 0.25) is 0 Å². The van der Waals surface area contributed by atoms with Gasteiger partial charge in [0.05, 0.1) is 0 Å². The second-order valence-electron chi connectivity index (χ2n) is 7.53. The van der Waals surface area contributed by atoms with E-state index in [-0.39, 0.29) is 0 Å². The number of rotatable bonds is 3. The molecule has 0 bridgehead atoms. The van der Waals surface area contributed by atoms with Crippen LogP contribution in [0.25, 0.3) is 0 Å². The van der Waals surface area contributed by atoms with Gasteiger partial charge in [0.1, 0.15) is 0 Å². The van der Waals surface area contributed by atoms with Crippen molar-refractivity contribution in [3.63, 3.8) is 0 Å². The van der Waals surface area contributed by atoms with Crippen LogP contribution in [0.1, 0.15) is 47.5 Å². The normalized spacial score (nSPS) is 44.7. The molecular weight excluding hydrogens is 246 g/mol. The largest absolute Gasteiger partial charge is 0.313 e. The first-order valence-corrected chi connectivity index (χ1v) is 8.63. The zero-order valence-electron chi connectivity index (χ0n) is 14.4. The van der Waals surface area contributed by atoms with Crippen LogP contribution in [-0.2, 0) is 0 Å². The van der Waals surface area contributed by atoms with Gasteiger partial charge >= 0.3 is 0 Å². The first kappa shape index (κ1) is 16.3. The van der Waals surface area contributed by atoms with Crippen LogP contribution < -0.4 is 5.32 Å². The minimum Gasteiger partial charge on any atom is -0.313 e. The number of nitrogens with one attached hydrogen (secondary N) is 1. The van der Waals surface area contributed by atoms with Gasteiger partial charge in [-0.05, 0) is 52.1 Å². The first-order valence-electron chi connectivity index (χ1n) is 8.63. The van der Waals surface area contributed by atoms with E-state index in [1.165, 1.54) is 25.9 Å². The third-order valence-corrected chi connectivity index (χ3v) is 5.70. The summed E-state index contributed by atoms with van der Waals surface area (Å²) in [5.41, 5.74) is 0. The molecule has 1 saturated carbocycles. The van der Waals surface area contributed by atoms with Crippen molar-refractivity contribution in [2.24, 2.45) is 11.8 Å². The molecule has 118 valence electrons. The Balaban J connectivity index is 2.11. The summed E-state index contributed by atoms with van der Waals surface area (Å²) >= 11 is 0. The van der Waals surface area contributed by atoms with Crippen molar-refractivity contribution in [1.29, 1.82) is 0 Å². The Morgan fingerprint density at radius 1 is 1.00 bits per heavy atom. The molecule has 2 aliphatic rings. The van der Waals surface area contributed by atoms with Crippen LogP contribution in [0.3, 0.4) is 0 Å². The van der Waals surface area contributed by atoms with Crippen molar-refractivity contribution in [3.8, 4) is 0 Å². The molecule has 2 rings (SSSR count). The molecule has 0 spiro atoms. The summed E-state index contributed by atoms with van der Waals surface area (Å²) in [6.45, 7) is 15.4. The lowest BCUT2D eigenvalue weighted by molar-refractivity contribution is -0.0126. The highest BCUT2D eigenvalue weighted by Gasteiger charge is 2.40. The third-order valence-electron chi connectivity index (χ3n) is 5.70. The maximum Gasteiger partial charge on any atom is 0.0276 e. The second kappa shape index (κ2) is 6.76. The predicted octanol–water partition coefficient (Wildman–Crippen LogP) is 2.42. The van der Waals surface area contributed by atoms with Crippen molar-refractivity contribution in [2.75, 3.05) is 26.7 Å². The van der Waals surface area contributed by atoms with Crippen LogP contribution in [0.4, 0.5) is 0 Å². The van der Waals surface area contributed by atoms with E-state index in [0.29, 0.717) is 18.1 Å². The van der Waals surface area contributed by atoms with Crippen molar-refractivity contribution in [1.82, 2.24) is 15.1 Å². The van der Waals surface area contributed by atoms with Crippen molar-refractivity contribution in [3.05, 3.63) is 0 Å². The summed E-state index contributed by atoms with van der Waals surface area (Å²) in [7, 11) is 2.28. The Hall–Kier alpha value is -0.120. The molecule has 0 amide bonds. The van der Waals surface area contributed by atoms with Crippen LogP contribution >= 0.6 is 0 Å². The fraction of sp³-hybridized carbons (Fsp3) is 1.00. The molecule has 1 aliphatic heterocycles. The maximum atomic E-state index is 3.78. The molecular formula is C17H35N3. The molecule has 20 heavy (non-hydrogen) atoms. The van der Waals surface area contributed by atoms with Crippen LogP contribution in [-0.4, -0.2) is 60.6 Å². The fourth-order valence-electron chi connectivity index (χ4n) is 4.61. The summed E-state index contributed by atoms with van der Waals surface area (Å²) < 4.78 is 0. The topological polar surface area (TPSA) is 18.5 Å². The molecule has 1 N–H and O–H groups in total. The SMILES string of the molecule is CCNC1CC(C)CC(C)C1N1CC(C)N(C)C(C)C1. The van der Waals surface area contributed by atoms with Gasteiger partial charge in [-0.25, -0.2) is 0 Å². The smallest absolute Gasteiger partial charge is 0.0276 e. The van der Waals surface area contributed by atoms with E-state index >= 15 is 0 Å². The molecule has 3 heteroatoms. The molecule has 2 fully saturated rings. The summed E-state index contributed by atoms with van der Waals surface area (Å²) in [4.78, 5) is 5.33. The lowest BCUT2D eigenvalue weighted by Crippen LogP contribution is -2.64. The van der Waals surface area contributed by atoms with E-state index in [2.05, 4.69) is 56.8 Å². The highest BCUT2D eigenvalue weighted by molar-refractivity contribution is 4.97. The average molecular weight is 281 g/mol. The summed E-state index contributed by atoms with van der Waals surface area (Å²) in [6.07, 6.45) is 2.74. The molecule has 1 saturated heterocycles. The summed E-state index contributed by atoms with van der Waals surface area (Å²) in [5.74, 6) is 1.68. The van der Waals surface area contributed by atoms with Gasteiger partial charge < -0.3 is 5.32 Å². The van der Waals surface area contributed by atoms with E-state index in [4.69, 9.17) is 0 Å². The quantitative estimate of drug-likeness (QED) is 0.857. The lowest BCUT2D eigenvalue weighted by Gasteiger charge is -2.51. The number of hydrogen-bond acceptors (Lipinski definition) is 3. The molecule has 3 nitrogen and oxygen atoms in total. The van der Waals surface area contributed by atoms with E-state index in [1.54, 1.807) is 0 Å². The highest BCUT2D eigenvalue weighted by atomic mass is 15.3. The first-order chi connectivity index (χ1) is 9.43. The molecule has 1 heterocycles. The number of hydrogen-bond donors (Lipinski definition) is 1. The van der Waals surface area contributed by atoms with Crippen molar-refractivity contribution >= 4 is 0 Å². The minimum absolute atomic E-state index is 0.674. The second-order valence-corrected chi connectivity index (χ2v) is 7.53. The lowest BCUT2D eigenvalue weighted by atomic mass is 9.75. The predicted molar refractivity (Wildman–Crippen MR) is 87.1 cm³/mol. The zero-order chi connectivity index (χ0) is 14.9. The van der Waals surface area contributed by atoms with Gasteiger partial charge in [-0.2, -0.15) is 0 Å². The monoisotopic (exact) mass is 281 g/mol. The summed E-state index contributed by atoms with van der Waals surface area (Å²) in [6, 6.07) is 2.76. The Labute approximate surface area is 126 Å². The van der Waals surface area contributed by atoms with Crippen LogP contribution in [0.15, 0.2) is 0 Å². The molecule has 0 aromatic heterocycles.